The molecule has 0 unspecified atom stereocenters. The zero-order valence-electron chi connectivity index (χ0n) is 16.9. The Balaban J connectivity index is 1.84. The Bertz CT molecular complexity index is 1010. The number of nitrogens with zero attached hydrogens (tertiary/aromatic N) is 1. The third-order valence-corrected chi connectivity index (χ3v) is 4.55. The third-order valence-electron chi connectivity index (χ3n) is 4.55. The molecule has 0 aliphatic rings. The van der Waals surface area contributed by atoms with Crippen LogP contribution >= 0.6 is 0 Å². The van der Waals surface area contributed by atoms with E-state index in [-0.39, 0.29) is 24.4 Å². The molecule has 0 bridgehead atoms. The Hall–Kier alpha value is -3.42. The molecule has 1 N–H and O–H groups in total. The fourth-order valence-electron chi connectivity index (χ4n) is 2.98. The van der Waals surface area contributed by atoms with Crippen molar-refractivity contribution in [1.29, 1.82) is 0 Å². The highest BCUT2D eigenvalue weighted by atomic mass is 16.7. The number of carbonyl (C=O) groups excluding carboxylic acids is 1. The summed E-state index contributed by atoms with van der Waals surface area (Å²) in [5, 5.41) is 2.53. The lowest BCUT2D eigenvalue weighted by Crippen LogP contribution is -2.32. The van der Waals surface area contributed by atoms with Crippen LogP contribution in [-0.2, 0) is 27.4 Å². The van der Waals surface area contributed by atoms with Crippen molar-refractivity contribution in [2.45, 2.75) is 19.4 Å². The lowest BCUT2D eigenvalue weighted by atomic mass is 10.1. The van der Waals surface area contributed by atoms with Crippen LogP contribution in [0.25, 0.3) is 11.3 Å². The van der Waals surface area contributed by atoms with Crippen LogP contribution in [0.5, 0.6) is 0 Å². The molecule has 156 valence electrons. The Morgan fingerprint density at radius 2 is 1.57 bits per heavy atom. The second-order valence-corrected chi connectivity index (χ2v) is 6.50. The molecule has 3 rings (SSSR count). The molecule has 7 heteroatoms. The number of benzene rings is 2. The highest BCUT2D eigenvalue weighted by Crippen LogP contribution is 2.20. The number of nitrogens with one attached hydrogen (secondary N) is 1. The maximum atomic E-state index is 13.1. The quantitative estimate of drug-likeness (QED) is 0.572. The summed E-state index contributed by atoms with van der Waals surface area (Å²) in [5.74, 6) is 0. The van der Waals surface area contributed by atoms with Crippen molar-refractivity contribution in [3.63, 3.8) is 0 Å². The van der Waals surface area contributed by atoms with E-state index in [9.17, 15) is 9.59 Å². The molecule has 0 aliphatic heterocycles. The number of ether oxygens (including phenoxy) is 3. The first-order valence-electron chi connectivity index (χ1n) is 9.45. The zero-order valence-corrected chi connectivity index (χ0v) is 16.9. The van der Waals surface area contributed by atoms with Gasteiger partial charge in [0.05, 0.1) is 12.2 Å². The normalized spacial score (nSPS) is 10.8. The van der Waals surface area contributed by atoms with Crippen LogP contribution in [0.2, 0.25) is 0 Å². The number of aromatic nitrogens is 1. The topological polar surface area (TPSA) is 78.8 Å². The van der Waals surface area contributed by atoms with Crippen LogP contribution in [0.3, 0.4) is 0 Å². The SMILES string of the molecule is COC(Cn1c(-c2ccccc2)ccc(NC(=O)OCc2ccccc2)c1=O)OC. The summed E-state index contributed by atoms with van der Waals surface area (Å²) in [7, 11) is 3.01. The Morgan fingerprint density at radius 1 is 0.933 bits per heavy atom. The largest absolute Gasteiger partial charge is 0.444 e. The third kappa shape index (κ3) is 5.34. The first-order valence-corrected chi connectivity index (χ1v) is 9.45. The summed E-state index contributed by atoms with van der Waals surface area (Å²) in [6.07, 6.45) is -1.32. The average Bonchev–Trinajstić information content (AvgIpc) is 2.79. The number of methoxy groups -OCH3 is 2. The minimum absolute atomic E-state index is 0.110. The fourth-order valence-corrected chi connectivity index (χ4v) is 2.98. The van der Waals surface area contributed by atoms with Gasteiger partial charge in [0.1, 0.15) is 12.3 Å². The minimum Gasteiger partial charge on any atom is -0.444 e. The first kappa shape index (κ1) is 21.3. The van der Waals surface area contributed by atoms with E-state index >= 15 is 0 Å². The molecule has 0 atom stereocenters. The van der Waals surface area contributed by atoms with Crippen LogP contribution in [0.4, 0.5) is 10.5 Å². The van der Waals surface area contributed by atoms with Crippen molar-refractivity contribution in [3.8, 4) is 11.3 Å². The molecule has 0 fully saturated rings. The van der Waals surface area contributed by atoms with Gasteiger partial charge in [0.25, 0.3) is 5.56 Å². The van der Waals surface area contributed by atoms with Crippen molar-refractivity contribution in [2.24, 2.45) is 0 Å². The molecule has 7 nitrogen and oxygen atoms in total. The summed E-state index contributed by atoms with van der Waals surface area (Å²) in [4.78, 5) is 25.3. The maximum Gasteiger partial charge on any atom is 0.412 e. The average molecular weight is 408 g/mol. The molecule has 30 heavy (non-hydrogen) atoms. The number of amides is 1. The zero-order chi connectivity index (χ0) is 21.3. The van der Waals surface area contributed by atoms with E-state index in [1.54, 1.807) is 12.1 Å². The number of hydrogen-bond acceptors (Lipinski definition) is 5. The fraction of sp³-hybridized carbons (Fsp3) is 0.217. The summed E-state index contributed by atoms with van der Waals surface area (Å²) in [5.41, 5.74) is 2.12. The predicted molar refractivity (Wildman–Crippen MR) is 114 cm³/mol. The number of anilines is 1. The van der Waals surface area contributed by atoms with E-state index in [1.807, 2.05) is 60.7 Å². The molecule has 1 aromatic heterocycles. The molecule has 3 aromatic rings. The van der Waals surface area contributed by atoms with E-state index in [2.05, 4.69) is 5.32 Å². The summed E-state index contributed by atoms with van der Waals surface area (Å²) in [6.45, 7) is 0.267. The smallest absolute Gasteiger partial charge is 0.412 e. The van der Waals surface area contributed by atoms with Crippen LogP contribution in [0.1, 0.15) is 5.56 Å². The van der Waals surface area contributed by atoms with Gasteiger partial charge in [-0.15, -0.1) is 0 Å². The van der Waals surface area contributed by atoms with Crippen LogP contribution in [0, 0.1) is 0 Å². The lowest BCUT2D eigenvalue weighted by Gasteiger charge is -2.19. The molecule has 1 heterocycles. The van der Waals surface area contributed by atoms with Crippen LogP contribution in [-0.4, -0.2) is 31.2 Å². The van der Waals surface area contributed by atoms with Gasteiger partial charge in [0.2, 0.25) is 0 Å². The van der Waals surface area contributed by atoms with Gasteiger partial charge < -0.3 is 18.8 Å². The summed E-state index contributed by atoms with van der Waals surface area (Å²) >= 11 is 0. The van der Waals surface area contributed by atoms with Gasteiger partial charge in [-0.1, -0.05) is 60.7 Å². The van der Waals surface area contributed by atoms with E-state index in [4.69, 9.17) is 14.2 Å². The first-order chi connectivity index (χ1) is 14.6. The second-order valence-electron chi connectivity index (χ2n) is 6.50. The van der Waals surface area contributed by atoms with Crippen LogP contribution < -0.4 is 10.9 Å². The molecule has 0 radical (unpaired) electrons. The van der Waals surface area contributed by atoms with Crippen molar-refractivity contribution in [2.75, 3.05) is 19.5 Å². The van der Waals surface area contributed by atoms with E-state index in [1.165, 1.54) is 18.8 Å². The summed E-state index contributed by atoms with van der Waals surface area (Å²) in [6, 6.07) is 22.1. The lowest BCUT2D eigenvalue weighted by molar-refractivity contribution is -0.111. The van der Waals surface area contributed by atoms with Gasteiger partial charge in [0.15, 0.2) is 6.29 Å². The van der Waals surface area contributed by atoms with Crippen LogP contribution in [0.15, 0.2) is 77.6 Å². The predicted octanol–water partition coefficient (Wildman–Crippen LogP) is 3.88. The van der Waals surface area contributed by atoms with E-state index in [0.29, 0.717) is 5.69 Å². The van der Waals surface area contributed by atoms with Gasteiger partial charge in [-0.05, 0) is 23.3 Å². The molecule has 0 saturated heterocycles. The number of pyridine rings is 1. The van der Waals surface area contributed by atoms with E-state index < -0.39 is 12.4 Å². The molecule has 0 aliphatic carbocycles. The molecule has 0 saturated carbocycles. The summed E-state index contributed by atoms with van der Waals surface area (Å²) < 4.78 is 17.3. The molecular formula is C23H24N2O5. The van der Waals surface area contributed by atoms with Gasteiger partial charge in [-0.2, -0.15) is 0 Å². The Labute approximate surface area is 174 Å². The Kier molecular flexibility index (Phi) is 7.37. The maximum absolute atomic E-state index is 13.1. The van der Waals surface area contributed by atoms with Crippen molar-refractivity contribution in [1.82, 2.24) is 4.57 Å². The van der Waals surface area contributed by atoms with Crippen molar-refractivity contribution in [3.05, 3.63) is 88.7 Å². The minimum atomic E-state index is -0.704. The van der Waals surface area contributed by atoms with E-state index in [0.717, 1.165) is 11.1 Å². The van der Waals surface area contributed by atoms with Gasteiger partial charge in [-0.3, -0.25) is 10.1 Å². The Morgan fingerprint density at radius 3 is 2.20 bits per heavy atom. The second kappa shape index (κ2) is 10.4. The highest BCUT2D eigenvalue weighted by molar-refractivity contribution is 5.84. The van der Waals surface area contributed by atoms with Gasteiger partial charge in [0, 0.05) is 14.2 Å². The highest BCUT2D eigenvalue weighted by Gasteiger charge is 2.16. The van der Waals surface area contributed by atoms with Gasteiger partial charge in [-0.25, -0.2) is 4.79 Å². The van der Waals surface area contributed by atoms with Gasteiger partial charge >= 0.3 is 6.09 Å². The molecule has 2 aromatic carbocycles. The van der Waals surface area contributed by atoms with Crippen molar-refractivity contribution < 1.29 is 19.0 Å². The molecule has 1 amide bonds. The molecular weight excluding hydrogens is 384 g/mol. The van der Waals surface area contributed by atoms with Crippen molar-refractivity contribution >= 4 is 11.8 Å². The monoisotopic (exact) mass is 408 g/mol. The number of carbonyl (C=O) groups is 1. The number of hydrogen-bond donors (Lipinski definition) is 1. The number of rotatable bonds is 8. The molecule has 0 spiro atoms. The standard InChI is InChI=1S/C23H24N2O5/c1-28-21(29-2)15-25-20(18-11-7-4-8-12-18)14-13-19(22(25)26)24-23(27)30-16-17-9-5-3-6-10-17/h3-14,21H,15-16H2,1-2H3,(H,24,27).